The molecule has 0 bridgehead atoms. The van der Waals surface area contributed by atoms with Gasteiger partial charge in [-0.05, 0) is 19.1 Å². The number of methoxy groups -OCH3 is 1. The number of ether oxygens (including phenoxy) is 1. The van der Waals surface area contributed by atoms with Crippen LogP contribution in [0.4, 0.5) is 4.39 Å². The fourth-order valence-corrected chi connectivity index (χ4v) is 1.66. The van der Waals surface area contributed by atoms with Crippen LogP contribution in [0.15, 0.2) is 22.9 Å². The molecular weight excluding hydrogens is 249 g/mol. The average Bonchev–Trinajstić information content (AvgIpc) is 2.77. The Balaban J connectivity index is 2.07. The van der Waals surface area contributed by atoms with Gasteiger partial charge in [0.25, 0.3) is 0 Å². The Hall–Kier alpha value is -1.79. The summed E-state index contributed by atoms with van der Waals surface area (Å²) in [5.74, 6) is 0.200. The largest absolute Gasteiger partial charge is 0.383 e. The molecule has 5 nitrogen and oxygen atoms in total. The summed E-state index contributed by atoms with van der Waals surface area (Å²) in [5.41, 5.74) is 2.30. The van der Waals surface area contributed by atoms with E-state index in [1.807, 2.05) is 6.92 Å². The van der Waals surface area contributed by atoms with Crippen molar-refractivity contribution in [2.24, 2.45) is 0 Å². The van der Waals surface area contributed by atoms with Crippen LogP contribution >= 0.6 is 0 Å². The number of halogens is 1. The van der Waals surface area contributed by atoms with Crippen LogP contribution in [0, 0.1) is 12.7 Å². The van der Waals surface area contributed by atoms with Crippen molar-refractivity contribution in [2.75, 3.05) is 20.3 Å². The summed E-state index contributed by atoms with van der Waals surface area (Å²) in [6.45, 7) is 3.89. The maximum absolute atomic E-state index is 12.8. The minimum atomic E-state index is -0.373. The molecule has 0 radical (unpaired) electrons. The van der Waals surface area contributed by atoms with Gasteiger partial charge in [-0.2, -0.15) is 0 Å². The summed E-state index contributed by atoms with van der Waals surface area (Å²) in [4.78, 5) is 3.98. The quantitative estimate of drug-likeness (QED) is 0.809. The molecule has 2 heterocycles. The minimum absolute atomic E-state index is 0.373. The van der Waals surface area contributed by atoms with Gasteiger partial charge in [-0.15, -0.1) is 0 Å². The van der Waals surface area contributed by atoms with Gasteiger partial charge in [0, 0.05) is 25.8 Å². The molecule has 0 aliphatic carbocycles. The molecular formula is C13H16FN3O2. The maximum Gasteiger partial charge on any atom is 0.188 e. The lowest BCUT2D eigenvalue weighted by Gasteiger charge is -2.01. The first-order chi connectivity index (χ1) is 9.22. The van der Waals surface area contributed by atoms with E-state index in [1.54, 1.807) is 13.2 Å². The highest BCUT2D eigenvalue weighted by molar-refractivity contribution is 5.56. The second-order valence-electron chi connectivity index (χ2n) is 4.11. The van der Waals surface area contributed by atoms with Gasteiger partial charge in [-0.1, -0.05) is 5.16 Å². The van der Waals surface area contributed by atoms with Crippen molar-refractivity contribution in [3.63, 3.8) is 0 Å². The SMILES string of the molecule is COCCNCc1noc(-c2ccc(F)cn2)c1C. The van der Waals surface area contributed by atoms with Crippen molar-refractivity contribution in [1.29, 1.82) is 0 Å². The molecule has 0 saturated heterocycles. The summed E-state index contributed by atoms with van der Waals surface area (Å²) in [7, 11) is 1.65. The standard InChI is InChI=1S/C13H16FN3O2/c1-9-12(8-15-5-6-18-2)17-19-13(9)11-4-3-10(14)7-16-11/h3-4,7,15H,5-6,8H2,1-2H3. The number of aromatic nitrogens is 2. The molecule has 0 amide bonds. The molecule has 19 heavy (non-hydrogen) atoms. The van der Waals surface area contributed by atoms with Crippen molar-refractivity contribution < 1.29 is 13.7 Å². The molecule has 1 N–H and O–H groups in total. The van der Waals surface area contributed by atoms with Crippen LogP contribution in [-0.4, -0.2) is 30.4 Å². The summed E-state index contributed by atoms with van der Waals surface area (Å²) in [6.07, 6.45) is 1.16. The molecule has 0 atom stereocenters. The van der Waals surface area contributed by atoms with Crippen LogP contribution < -0.4 is 5.32 Å². The average molecular weight is 265 g/mol. The highest BCUT2D eigenvalue weighted by Gasteiger charge is 2.14. The van der Waals surface area contributed by atoms with Crippen molar-refractivity contribution in [2.45, 2.75) is 13.5 Å². The van der Waals surface area contributed by atoms with E-state index in [4.69, 9.17) is 9.26 Å². The number of pyridine rings is 1. The second kappa shape index (κ2) is 6.40. The van der Waals surface area contributed by atoms with Crippen LogP contribution in [0.1, 0.15) is 11.3 Å². The zero-order valence-corrected chi connectivity index (χ0v) is 10.9. The zero-order chi connectivity index (χ0) is 13.7. The van der Waals surface area contributed by atoms with Crippen LogP contribution in [0.25, 0.3) is 11.5 Å². The first-order valence-corrected chi connectivity index (χ1v) is 5.99. The molecule has 6 heteroatoms. The monoisotopic (exact) mass is 265 g/mol. The van der Waals surface area contributed by atoms with Crippen molar-refractivity contribution >= 4 is 0 Å². The van der Waals surface area contributed by atoms with Gasteiger partial charge in [-0.25, -0.2) is 9.37 Å². The van der Waals surface area contributed by atoms with E-state index in [2.05, 4.69) is 15.5 Å². The minimum Gasteiger partial charge on any atom is -0.383 e. The molecule has 102 valence electrons. The lowest BCUT2D eigenvalue weighted by molar-refractivity contribution is 0.199. The maximum atomic E-state index is 12.8. The molecule has 2 rings (SSSR count). The third kappa shape index (κ3) is 3.36. The number of nitrogens with one attached hydrogen (secondary N) is 1. The molecule has 0 aliphatic heterocycles. The van der Waals surface area contributed by atoms with E-state index in [-0.39, 0.29) is 5.82 Å². The topological polar surface area (TPSA) is 60.2 Å². The first kappa shape index (κ1) is 13.6. The number of hydrogen-bond donors (Lipinski definition) is 1. The van der Waals surface area contributed by atoms with Gasteiger partial charge in [0.15, 0.2) is 5.76 Å². The number of nitrogens with zero attached hydrogens (tertiary/aromatic N) is 2. The molecule has 0 aromatic carbocycles. The predicted octanol–water partition coefficient (Wildman–Crippen LogP) is 1.92. The lowest BCUT2D eigenvalue weighted by Crippen LogP contribution is -2.19. The lowest BCUT2D eigenvalue weighted by atomic mass is 10.1. The molecule has 0 saturated carbocycles. The van der Waals surface area contributed by atoms with Crippen LogP contribution in [0.3, 0.4) is 0 Å². The highest BCUT2D eigenvalue weighted by atomic mass is 19.1. The molecule has 0 fully saturated rings. The fourth-order valence-electron chi connectivity index (χ4n) is 1.66. The van der Waals surface area contributed by atoms with E-state index < -0.39 is 0 Å². The van der Waals surface area contributed by atoms with E-state index >= 15 is 0 Å². The predicted molar refractivity (Wildman–Crippen MR) is 68.0 cm³/mol. The Bertz CT molecular complexity index is 525. The van der Waals surface area contributed by atoms with Crippen LogP contribution in [-0.2, 0) is 11.3 Å². The fraction of sp³-hybridized carbons (Fsp3) is 0.385. The van der Waals surface area contributed by atoms with Gasteiger partial charge < -0.3 is 14.6 Å². The summed E-state index contributed by atoms with van der Waals surface area (Å²) >= 11 is 0. The smallest absolute Gasteiger partial charge is 0.188 e. The van der Waals surface area contributed by atoms with Gasteiger partial charge in [0.1, 0.15) is 17.2 Å². The Kier molecular flexibility index (Phi) is 4.59. The molecule has 0 unspecified atom stereocenters. The number of hydrogen-bond acceptors (Lipinski definition) is 5. The van der Waals surface area contributed by atoms with Crippen LogP contribution in [0.5, 0.6) is 0 Å². The zero-order valence-electron chi connectivity index (χ0n) is 10.9. The Morgan fingerprint density at radius 1 is 1.42 bits per heavy atom. The first-order valence-electron chi connectivity index (χ1n) is 5.99. The number of rotatable bonds is 6. The van der Waals surface area contributed by atoms with Gasteiger partial charge in [0.2, 0.25) is 0 Å². The third-order valence-corrected chi connectivity index (χ3v) is 2.76. The molecule has 2 aromatic rings. The molecule has 0 aliphatic rings. The van der Waals surface area contributed by atoms with E-state index in [0.717, 1.165) is 24.0 Å². The van der Waals surface area contributed by atoms with Gasteiger partial charge in [-0.3, -0.25) is 0 Å². The normalized spacial score (nSPS) is 10.9. The third-order valence-electron chi connectivity index (χ3n) is 2.76. The molecule has 0 spiro atoms. The highest BCUT2D eigenvalue weighted by Crippen LogP contribution is 2.23. The van der Waals surface area contributed by atoms with Crippen molar-refractivity contribution in [3.05, 3.63) is 35.4 Å². The van der Waals surface area contributed by atoms with Gasteiger partial charge >= 0.3 is 0 Å². The van der Waals surface area contributed by atoms with Crippen molar-refractivity contribution in [3.8, 4) is 11.5 Å². The Labute approximate surface area is 110 Å². The van der Waals surface area contributed by atoms with Crippen LogP contribution in [0.2, 0.25) is 0 Å². The van der Waals surface area contributed by atoms with E-state index in [0.29, 0.717) is 24.6 Å². The summed E-state index contributed by atoms with van der Waals surface area (Å²) in [6, 6.07) is 2.92. The summed E-state index contributed by atoms with van der Waals surface area (Å²) < 4.78 is 23.0. The van der Waals surface area contributed by atoms with E-state index in [1.165, 1.54) is 6.07 Å². The van der Waals surface area contributed by atoms with Gasteiger partial charge in [0.05, 0.1) is 12.8 Å². The Morgan fingerprint density at radius 3 is 2.95 bits per heavy atom. The molecule has 2 aromatic heterocycles. The van der Waals surface area contributed by atoms with E-state index in [9.17, 15) is 4.39 Å². The second-order valence-corrected chi connectivity index (χ2v) is 4.11. The summed E-state index contributed by atoms with van der Waals surface area (Å²) in [5, 5.41) is 7.19. The Morgan fingerprint density at radius 2 is 2.26 bits per heavy atom. The van der Waals surface area contributed by atoms with Crippen molar-refractivity contribution in [1.82, 2.24) is 15.5 Å².